The molecular formula is C16H15N5O3. The lowest BCUT2D eigenvalue weighted by molar-refractivity contribution is -0.385. The van der Waals surface area contributed by atoms with Crippen molar-refractivity contribution >= 4 is 17.2 Å². The van der Waals surface area contributed by atoms with Gasteiger partial charge in [-0.05, 0) is 25.1 Å². The monoisotopic (exact) mass is 325 g/mol. The number of aryl methyl sites for hydroxylation is 1. The first-order chi connectivity index (χ1) is 11.6. The lowest BCUT2D eigenvalue weighted by Gasteiger charge is -2.06. The van der Waals surface area contributed by atoms with Crippen LogP contribution in [0.15, 0.2) is 42.6 Å². The molecule has 0 spiro atoms. The number of carbonyl (C=O) groups is 1. The number of nitro benzene ring substituents is 1. The lowest BCUT2D eigenvalue weighted by atomic mass is 10.1. The highest BCUT2D eigenvalue weighted by molar-refractivity contribution is 5.98. The van der Waals surface area contributed by atoms with E-state index in [1.54, 1.807) is 19.1 Å². The van der Waals surface area contributed by atoms with Gasteiger partial charge in [0.1, 0.15) is 11.4 Å². The van der Waals surface area contributed by atoms with Gasteiger partial charge in [0.25, 0.3) is 11.6 Å². The largest absolute Gasteiger partial charge is 0.351 e. The third-order valence-corrected chi connectivity index (χ3v) is 3.68. The molecule has 0 bridgehead atoms. The van der Waals surface area contributed by atoms with Gasteiger partial charge >= 0.3 is 0 Å². The number of nitro groups is 1. The molecule has 2 aromatic heterocycles. The van der Waals surface area contributed by atoms with Gasteiger partial charge in [0.2, 0.25) is 0 Å². The molecule has 0 radical (unpaired) electrons. The molecule has 3 aromatic rings. The van der Waals surface area contributed by atoms with Crippen LogP contribution in [0.3, 0.4) is 0 Å². The zero-order valence-electron chi connectivity index (χ0n) is 13.0. The van der Waals surface area contributed by atoms with Crippen molar-refractivity contribution in [1.29, 1.82) is 0 Å². The number of fused-ring (bicyclic) bond motifs is 1. The van der Waals surface area contributed by atoms with Crippen LogP contribution in [-0.2, 0) is 6.42 Å². The van der Waals surface area contributed by atoms with Gasteiger partial charge in [-0.1, -0.05) is 18.2 Å². The van der Waals surface area contributed by atoms with Gasteiger partial charge in [-0.25, -0.2) is 0 Å². The Bertz CT molecular complexity index is 919. The van der Waals surface area contributed by atoms with Crippen LogP contribution >= 0.6 is 0 Å². The summed E-state index contributed by atoms with van der Waals surface area (Å²) in [4.78, 5) is 22.9. The highest BCUT2D eigenvalue weighted by Crippen LogP contribution is 2.22. The third kappa shape index (κ3) is 2.94. The average Bonchev–Trinajstić information content (AvgIpc) is 2.97. The van der Waals surface area contributed by atoms with E-state index in [0.29, 0.717) is 24.4 Å². The van der Waals surface area contributed by atoms with Crippen LogP contribution in [0.5, 0.6) is 0 Å². The third-order valence-electron chi connectivity index (χ3n) is 3.68. The van der Waals surface area contributed by atoms with Gasteiger partial charge in [-0.3, -0.25) is 19.3 Å². The van der Waals surface area contributed by atoms with Crippen molar-refractivity contribution in [1.82, 2.24) is 19.9 Å². The predicted molar refractivity (Wildman–Crippen MR) is 86.9 cm³/mol. The summed E-state index contributed by atoms with van der Waals surface area (Å²) in [5.74, 6) is 0.240. The first kappa shape index (κ1) is 15.6. The number of aromatic nitrogens is 3. The number of hydrogen-bond acceptors (Lipinski definition) is 5. The molecule has 122 valence electrons. The molecule has 0 aliphatic carbocycles. The maximum absolute atomic E-state index is 12.3. The zero-order chi connectivity index (χ0) is 17.1. The van der Waals surface area contributed by atoms with E-state index in [4.69, 9.17) is 0 Å². The van der Waals surface area contributed by atoms with Crippen molar-refractivity contribution in [2.24, 2.45) is 0 Å². The first-order valence-electron chi connectivity index (χ1n) is 7.39. The Morgan fingerprint density at radius 3 is 2.88 bits per heavy atom. The van der Waals surface area contributed by atoms with Gasteiger partial charge < -0.3 is 5.32 Å². The molecule has 0 atom stereocenters. The van der Waals surface area contributed by atoms with E-state index in [-0.39, 0.29) is 11.3 Å². The number of pyridine rings is 1. The Labute approximate surface area is 137 Å². The number of carbonyl (C=O) groups excluding carboxylic acids is 1. The predicted octanol–water partition coefficient (Wildman–Crippen LogP) is 1.92. The molecule has 0 aliphatic heterocycles. The fraction of sp³-hybridized carbons (Fsp3) is 0.188. The van der Waals surface area contributed by atoms with Gasteiger partial charge in [0.15, 0.2) is 5.65 Å². The maximum atomic E-state index is 12.3. The second kappa shape index (κ2) is 6.45. The normalized spacial score (nSPS) is 10.7. The summed E-state index contributed by atoms with van der Waals surface area (Å²) in [6, 6.07) is 10.3. The molecule has 1 aromatic carbocycles. The number of nitrogens with zero attached hydrogens (tertiary/aromatic N) is 4. The molecule has 1 N–H and O–H groups in total. The Kier molecular flexibility index (Phi) is 4.19. The molecule has 8 nitrogen and oxygen atoms in total. The molecule has 0 fully saturated rings. The number of amides is 1. The average molecular weight is 325 g/mol. The van der Waals surface area contributed by atoms with Crippen LogP contribution in [0.25, 0.3) is 5.65 Å². The standard InChI is InChI=1S/C16H15N5O3/c1-11-5-4-6-12(15(11)21(23)24)16(22)17-9-8-14-19-18-13-7-2-3-10-20(13)14/h2-7,10H,8-9H2,1H3,(H,17,22). The van der Waals surface area contributed by atoms with E-state index in [9.17, 15) is 14.9 Å². The van der Waals surface area contributed by atoms with Crippen LogP contribution in [0.1, 0.15) is 21.7 Å². The molecule has 2 heterocycles. The number of para-hydroxylation sites is 1. The Morgan fingerprint density at radius 1 is 1.25 bits per heavy atom. The summed E-state index contributed by atoms with van der Waals surface area (Å²) >= 11 is 0. The SMILES string of the molecule is Cc1cccc(C(=O)NCCc2nnc3ccccn23)c1[N+](=O)[O-]. The number of hydrogen-bond donors (Lipinski definition) is 1. The van der Waals surface area contributed by atoms with E-state index in [1.165, 1.54) is 6.07 Å². The van der Waals surface area contributed by atoms with E-state index >= 15 is 0 Å². The number of benzene rings is 1. The zero-order valence-corrected chi connectivity index (χ0v) is 13.0. The van der Waals surface area contributed by atoms with Crippen LogP contribution in [0.4, 0.5) is 5.69 Å². The van der Waals surface area contributed by atoms with Crippen LogP contribution < -0.4 is 5.32 Å². The molecule has 0 aliphatic rings. The quantitative estimate of drug-likeness (QED) is 0.570. The summed E-state index contributed by atoms with van der Waals surface area (Å²) in [6.45, 7) is 1.91. The van der Waals surface area contributed by atoms with Crippen molar-refractivity contribution in [2.75, 3.05) is 6.54 Å². The van der Waals surface area contributed by atoms with Crippen molar-refractivity contribution in [3.63, 3.8) is 0 Å². The van der Waals surface area contributed by atoms with E-state index < -0.39 is 10.8 Å². The van der Waals surface area contributed by atoms with E-state index in [2.05, 4.69) is 15.5 Å². The second-order valence-electron chi connectivity index (χ2n) is 5.28. The summed E-state index contributed by atoms with van der Waals surface area (Å²) < 4.78 is 1.83. The van der Waals surface area contributed by atoms with Gasteiger partial charge in [-0.15, -0.1) is 10.2 Å². The fourth-order valence-electron chi connectivity index (χ4n) is 2.53. The molecule has 24 heavy (non-hydrogen) atoms. The minimum Gasteiger partial charge on any atom is -0.351 e. The van der Waals surface area contributed by atoms with Gasteiger partial charge in [-0.2, -0.15) is 0 Å². The summed E-state index contributed by atoms with van der Waals surface area (Å²) in [5.41, 5.74) is 1.08. The highest BCUT2D eigenvalue weighted by atomic mass is 16.6. The minimum absolute atomic E-state index is 0.0612. The number of nitrogens with one attached hydrogen (secondary N) is 1. The van der Waals surface area contributed by atoms with Crippen LogP contribution in [0.2, 0.25) is 0 Å². The summed E-state index contributed by atoms with van der Waals surface area (Å²) in [7, 11) is 0. The summed E-state index contributed by atoms with van der Waals surface area (Å²) in [5, 5.41) is 22.0. The molecule has 1 amide bonds. The van der Waals surface area contributed by atoms with Crippen molar-refractivity contribution in [3.8, 4) is 0 Å². The van der Waals surface area contributed by atoms with Crippen molar-refractivity contribution in [3.05, 3.63) is 69.7 Å². The fourth-order valence-corrected chi connectivity index (χ4v) is 2.53. The highest BCUT2D eigenvalue weighted by Gasteiger charge is 2.22. The molecule has 0 saturated heterocycles. The first-order valence-corrected chi connectivity index (χ1v) is 7.39. The lowest BCUT2D eigenvalue weighted by Crippen LogP contribution is -2.27. The van der Waals surface area contributed by atoms with Crippen molar-refractivity contribution < 1.29 is 9.72 Å². The number of rotatable bonds is 5. The Morgan fingerprint density at radius 2 is 2.08 bits per heavy atom. The Hall–Kier alpha value is -3.29. The molecule has 3 rings (SSSR count). The molecular weight excluding hydrogens is 310 g/mol. The van der Waals surface area contributed by atoms with Gasteiger partial charge in [0, 0.05) is 24.7 Å². The maximum Gasteiger partial charge on any atom is 0.285 e. The summed E-state index contributed by atoms with van der Waals surface area (Å²) in [6.07, 6.45) is 2.31. The molecule has 0 saturated carbocycles. The van der Waals surface area contributed by atoms with E-state index in [1.807, 2.05) is 28.8 Å². The van der Waals surface area contributed by atoms with Crippen LogP contribution in [0, 0.1) is 17.0 Å². The van der Waals surface area contributed by atoms with Crippen LogP contribution in [-0.4, -0.2) is 32.0 Å². The van der Waals surface area contributed by atoms with Crippen molar-refractivity contribution in [2.45, 2.75) is 13.3 Å². The smallest absolute Gasteiger partial charge is 0.285 e. The molecule has 0 unspecified atom stereocenters. The second-order valence-corrected chi connectivity index (χ2v) is 5.28. The van der Waals surface area contributed by atoms with Gasteiger partial charge in [0.05, 0.1) is 4.92 Å². The Balaban J connectivity index is 1.70. The molecule has 8 heteroatoms. The topological polar surface area (TPSA) is 102 Å². The van der Waals surface area contributed by atoms with E-state index in [0.717, 1.165) is 5.65 Å². The minimum atomic E-state index is -0.531.